The van der Waals surface area contributed by atoms with Gasteiger partial charge in [-0.2, -0.15) is 0 Å². The molecule has 134 valence electrons. The fraction of sp³-hybridized carbons (Fsp3) is 0.318. The molecule has 2 atom stereocenters. The third kappa shape index (κ3) is 3.42. The molecule has 0 spiro atoms. The molecule has 1 N–H and O–H groups in total. The molecule has 0 saturated carbocycles. The van der Waals surface area contributed by atoms with Crippen LogP contribution in [0.4, 0.5) is 0 Å². The van der Waals surface area contributed by atoms with Crippen LogP contribution in [-0.2, 0) is 6.54 Å². The maximum atomic E-state index is 11.4. The monoisotopic (exact) mass is 367 g/mol. The van der Waals surface area contributed by atoms with Gasteiger partial charge in [0.2, 0.25) is 0 Å². The number of fused-ring (bicyclic) bond motifs is 2. The van der Waals surface area contributed by atoms with Crippen molar-refractivity contribution in [3.05, 3.63) is 76.3 Å². The van der Waals surface area contributed by atoms with Gasteiger partial charge in [0.25, 0.3) is 0 Å². The molecule has 2 aromatic rings. The number of hydrogen-bond acceptors (Lipinski definition) is 2. The minimum atomic E-state index is -0.973. The minimum absolute atomic E-state index is 0.182. The van der Waals surface area contributed by atoms with Crippen LogP contribution in [0.1, 0.15) is 47.2 Å². The second-order valence-electron chi connectivity index (χ2n) is 7.21. The highest BCUT2D eigenvalue weighted by Crippen LogP contribution is 2.38. The fourth-order valence-electron chi connectivity index (χ4n) is 4.26. The zero-order valence-corrected chi connectivity index (χ0v) is 15.3. The largest absolute Gasteiger partial charge is 0.478 e. The van der Waals surface area contributed by atoms with Crippen molar-refractivity contribution in [1.82, 2.24) is 4.90 Å². The lowest BCUT2D eigenvalue weighted by molar-refractivity contribution is 0.0697. The highest BCUT2D eigenvalue weighted by Gasteiger charge is 2.34. The Labute approximate surface area is 158 Å². The van der Waals surface area contributed by atoms with E-state index in [1.165, 1.54) is 24.0 Å². The molecule has 0 radical (unpaired) electrons. The molecule has 0 amide bonds. The number of rotatable bonds is 4. The molecule has 3 nitrogen and oxygen atoms in total. The van der Waals surface area contributed by atoms with Crippen molar-refractivity contribution in [2.75, 3.05) is 0 Å². The lowest BCUT2D eigenvalue weighted by Gasteiger charge is -2.45. The van der Waals surface area contributed by atoms with Gasteiger partial charge in [-0.1, -0.05) is 60.5 Å². The van der Waals surface area contributed by atoms with Crippen molar-refractivity contribution in [3.63, 3.8) is 0 Å². The van der Waals surface area contributed by atoms with E-state index in [0.717, 1.165) is 24.9 Å². The predicted octanol–water partition coefficient (Wildman–Crippen LogP) is 5.25. The van der Waals surface area contributed by atoms with Gasteiger partial charge in [0.05, 0.1) is 10.6 Å². The summed E-state index contributed by atoms with van der Waals surface area (Å²) in [4.78, 5) is 14.0. The van der Waals surface area contributed by atoms with Crippen LogP contribution in [0.15, 0.2) is 54.6 Å². The maximum Gasteiger partial charge on any atom is 0.337 e. The van der Waals surface area contributed by atoms with Gasteiger partial charge in [0, 0.05) is 18.6 Å². The van der Waals surface area contributed by atoms with Gasteiger partial charge < -0.3 is 5.11 Å². The van der Waals surface area contributed by atoms with Crippen LogP contribution >= 0.6 is 11.6 Å². The van der Waals surface area contributed by atoms with Crippen LogP contribution in [0.5, 0.6) is 0 Å². The Morgan fingerprint density at radius 2 is 1.96 bits per heavy atom. The van der Waals surface area contributed by atoms with Gasteiger partial charge in [-0.3, -0.25) is 4.90 Å². The van der Waals surface area contributed by atoms with Crippen molar-refractivity contribution >= 4 is 23.1 Å². The molecular weight excluding hydrogens is 346 g/mol. The predicted molar refractivity (Wildman–Crippen MR) is 104 cm³/mol. The second-order valence-corrected chi connectivity index (χ2v) is 7.61. The first-order valence-electron chi connectivity index (χ1n) is 9.15. The molecule has 2 aliphatic rings. The molecule has 0 aliphatic carbocycles. The van der Waals surface area contributed by atoms with Crippen molar-refractivity contribution in [1.29, 1.82) is 0 Å². The van der Waals surface area contributed by atoms with E-state index in [1.807, 2.05) is 6.07 Å². The van der Waals surface area contributed by atoms with Crippen molar-refractivity contribution in [2.45, 2.75) is 44.3 Å². The Morgan fingerprint density at radius 3 is 2.69 bits per heavy atom. The lowest BCUT2D eigenvalue weighted by Crippen LogP contribution is -2.47. The van der Waals surface area contributed by atoms with E-state index in [4.69, 9.17) is 11.6 Å². The summed E-state index contributed by atoms with van der Waals surface area (Å²) in [6, 6.07) is 16.9. The highest BCUT2D eigenvalue weighted by atomic mass is 35.5. The van der Waals surface area contributed by atoms with Gasteiger partial charge in [-0.15, -0.1) is 0 Å². The molecule has 2 heterocycles. The average molecular weight is 368 g/mol. The molecule has 2 unspecified atom stereocenters. The molecule has 2 aliphatic heterocycles. The molecule has 2 bridgehead atoms. The van der Waals surface area contributed by atoms with E-state index in [2.05, 4.69) is 41.3 Å². The second kappa shape index (κ2) is 7.26. The third-order valence-electron chi connectivity index (χ3n) is 5.56. The quantitative estimate of drug-likeness (QED) is 0.802. The first kappa shape index (κ1) is 17.3. The summed E-state index contributed by atoms with van der Waals surface area (Å²) < 4.78 is 0. The average Bonchev–Trinajstić information content (AvgIpc) is 2.62. The topological polar surface area (TPSA) is 40.5 Å². The number of piperidine rings is 1. The van der Waals surface area contributed by atoms with Crippen molar-refractivity contribution in [2.24, 2.45) is 0 Å². The lowest BCUT2D eigenvalue weighted by atomic mass is 9.82. The summed E-state index contributed by atoms with van der Waals surface area (Å²) in [5, 5.41) is 9.64. The number of nitrogens with zero attached hydrogens (tertiary/aromatic N) is 1. The third-order valence-corrected chi connectivity index (χ3v) is 5.89. The van der Waals surface area contributed by atoms with Crippen LogP contribution in [0.2, 0.25) is 5.02 Å². The van der Waals surface area contributed by atoms with E-state index in [0.29, 0.717) is 17.1 Å². The standard InChI is InChI=1S/C22H22ClNO2/c23-21-10-9-16(13-20(21)22(25)26)17-11-18-7-4-8-19(12-17)24(18)14-15-5-2-1-3-6-15/h1-3,5-6,9-11,13,18-19H,4,7-8,12,14H2,(H,25,26). The molecule has 26 heavy (non-hydrogen) atoms. The van der Waals surface area contributed by atoms with E-state index in [1.54, 1.807) is 12.1 Å². The van der Waals surface area contributed by atoms with Crippen molar-refractivity contribution in [3.8, 4) is 0 Å². The number of carboxylic acids is 1. The first-order chi connectivity index (χ1) is 12.6. The summed E-state index contributed by atoms with van der Waals surface area (Å²) in [7, 11) is 0. The van der Waals surface area contributed by atoms with Crippen LogP contribution in [0, 0.1) is 0 Å². The fourth-order valence-corrected chi connectivity index (χ4v) is 4.46. The Hall–Kier alpha value is -2.10. The van der Waals surface area contributed by atoms with Gasteiger partial charge in [0.15, 0.2) is 0 Å². The SMILES string of the molecule is O=C(O)c1cc(C2=CC3CCCC(C2)N3Cc2ccccc2)ccc1Cl. The molecule has 4 heteroatoms. The normalized spacial score (nSPS) is 22.7. The Kier molecular flexibility index (Phi) is 4.84. The Bertz CT molecular complexity index is 846. The molecule has 4 rings (SSSR count). The molecule has 0 aromatic heterocycles. The zero-order chi connectivity index (χ0) is 18.1. The number of benzene rings is 2. The smallest absolute Gasteiger partial charge is 0.337 e. The van der Waals surface area contributed by atoms with E-state index in [-0.39, 0.29) is 5.56 Å². The van der Waals surface area contributed by atoms with Crippen LogP contribution < -0.4 is 0 Å². The summed E-state index contributed by atoms with van der Waals surface area (Å²) in [6.07, 6.45) is 6.91. The Balaban J connectivity index is 1.62. The van der Waals surface area contributed by atoms with E-state index >= 15 is 0 Å². The van der Waals surface area contributed by atoms with Gasteiger partial charge in [-0.25, -0.2) is 4.79 Å². The zero-order valence-electron chi connectivity index (χ0n) is 14.6. The molecular formula is C22H22ClNO2. The van der Waals surface area contributed by atoms with Gasteiger partial charge >= 0.3 is 5.97 Å². The minimum Gasteiger partial charge on any atom is -0.478 e. The summed E-state index contributed by atoms with van der Waals surface area (Å²) >= 11 is 6.03. The first-order valence-corrected chi connectivity index (χ1v) is 9.53. The molecule has 2 aromatic carbocycles. The molecule has 1 fully saturated rings. The molecule has 1 saturated heterocycles. The summed E-state index contributed by atoms with van der Waals surface area (Å²) in [5.74, 6) is -0.973. The van der Waals surface area contributed by atoms with Gasteiger partial charge in [-0.05, 0) is 48.1 Å². The number of aromatic carboxylic acids is 1. The van der Waals surface area contributed by atoms with Gasteiger partial charge in [0.1, 0.15) is 0 Å². The summed E-state index contributed by atoms with van der Waals surface area (Å²) in [6.45, 7) is 0.973. The summed E-state index contributed by atoms with van der Waals surface area (Å²) in [5.41, 5.74) is 3.77. The van der Waals surface area contributed by atoms with E-state index in [9.17, 15) is 9.90 Å². The maximum absolute atomic E-state index is 11.4. The van der Waals surface area contributed by atoms with E-state index < -0.39 is 5.97 Å². The van der Waals surface area contributed by atoms with Crippen LogP contribution in [-0.4, -0.2) is 28.1 Å². The number of halogens is 1. The van der Waals surface area contributed by atoms with Crippen LogP contribution in [0.25, 0.3) is 5.57 Å². The number of hydrogen-bond donors (Lipinski definition) is 1. The Morgan fingerprint density at radius 1 is 1.15 bits per heavy atom. The highest BCUT2D eigenvalue weighted by molar-refractivity contribution is 6.33. The number of carboxylic acid groups (broad SMARTS) is 1. The van der Waals surface area contributed by atoms with Crippen LogP contribution in [0.3, 0.4) is 0 Å². The van der Waals surface area contributed by atoms with Crippen molar-refractivity contribution < 1.29 is 9.90 Å². The number of carbonyl (C=O) groups is 1.